The summed E-state index contributed by atoms with van der Waals surface area (Å²) in [5, 5.41) is 4.18. The molecule has 1 aliphatic heterocycles. The van der Waals surface area contributed by atoms with Gasteiger partial charge in [0.1, 0.15) is 0 Å². The molecule has 2 heteroatoms. The van der Waals surface area contributed by atoms with Gasteiger partial charge >= 0.3 is 51.4 Å². The molecule has 0 aromatic rings. The van der Waals surface area contributed by atoms with Gasteiger partial charge in [0, 0.05) is 0 Å². The molecular weight excluding hydrogens is 113 g/mol. The fourth-order valence-electron chi connectivity index (χ4n) is 0.736. The fourth-order valence-corrected chi connectivity index (χ4v) is 0.736. The van der Waals surface area contributed by atoms with E-state index in [-0.39, 0.29) is 51.4 Å². The second-order valence-corrected chi connectivity index (χ2v) is 1.73. The Hall–Kier alpha value is 1.60. The molecule has 1 nitrogen and oxygen atoms in total. The summed E-state index contributed by atoms with van der Waals surface area (Å²) in [6, 6.07) is 0. The maximum atomic E-state index is 4.18. The largest absolute Gasteiger partial charge is 1.00 e. The van der Waals surface area contributed by atoms with Crippen molar-refractivity contribution in [3.63, 3.8) is 0 Å². The Morgan fingerprint density at radius 2 is 1.43 bits per heavy atom. The van der Waals surface area contributed by atoms with Crippen LogP contribution in [0.15, 0.2) is 0 Å². The molecule has 7 heavy (non-hydrogen) atoms. The van der Waals surface area contributed by atoms with Gasteiger partial charge < -0.3 is 5.32 Å². The van der Waals surface area contributed by atoms with Gasteiger partial charge in [-0.3, -0.25) is 0 Å². The van der Waals surface area contributed by atoms with Crippen molar-refractivity contribution in [3.8, 4) is 0 Å². The van der Waals surface area contributed by atoms with Crippen molar-refractivity contribution >= 4 is 0 Å². The van der Waals surface area contributed by atoms with Gasteiger partial charge in [-0.25, -0.2) is 0 Å². The zero-order chi connectivity index (χ0) is 4.24. The van der Waals surface area contributed by atoms with Crippen LogP contribution in [0.3, 0.4) is 0 Å². The minimum absolute atomic E-state index is 0. The van der Waals surface area contributed by atoms with Crippen LogP contribution in [-0.2, 0) is 0 Å². The third kappa shape index (κ3) is 4.12. The quantitative estimate of drug-likeness (QED) is 0.350. The third-order valence-corrected chi connectivity index (χ3v) is 1.13. The average molecular weight is 123 g/mol. The molecule has 0 aromatic carbocycles. The molecule has 0 bridgehead atoms. The van der Waals surface area contributed by atoms with Crippen molar-refractivity contribution in [3.05, 3.63) is 5.32 Å². The number of nitrogens with zero attached hydrogens (tertiary/aromatic N) is 1. The summed E-state index contributed by atoms with van der Waals surface area (Å²) in [6.45, 7) is 2.25. The van der Waals surface area contributed by atoms with Crippen molar-refractivity contribution < 1.29 is 51.4 Å². The van der Waals surface area contributed by atoms with E-state index < -0.39 is 0 Å². The standard InChI is InChI=1S/C5H10N.K/c1-2-4-6-5-3-1;/h1-5H2;/q-1;+1. The predicted octanol–water partition coefficient (Wildman–Crippen LogP) is -1.45. The van der Waals surface area contributed by atoms with Crippen LogP contribution in [0.25, 0.3) is 5.32 Å². The van der Waals surface area contributed by atoms with Crippen LogP contribution in [0.1, 0.15) is 19.3 Å². The van der Waals surface area contributed by atoms with E-state index in [0.717, 1.165) is 13.1 Å². The Kier molecular flexibility index (Phi) is 7.03. The zero-order valence-corrected chi connectivity index (χ0v) is 8.11. The maximum absolute atomic E-state index is 4.18. The molecule has 1 heterocycles. The van der Waals surface area contributed by atoms with Gasteiger partial charge in [0.05, 0.1) is 0 Å². The molecule has 36 valence electrons. The smallest absolute Gasteiger partial charge is 0.662 e. The molecule has 0 unspecified atom stereocenters. The number of rotatable bonds is 0. The molecule has 1 saturated heterocycles. The summed E-state index contributed by atoms with van der Waals surface area (Å²) < 4.78 is 0. The molecule has 0 N–H and O–H groups in total. The molecule has 0 aliphatic carbocycles. The van der Waals surface area contributed by atoms with Gasteiger partial charge in [-0.1, -0.05) is 19.3 Å². The van der Waals surface area contributed by atoms with Crippen molar-refractivity contribution in [2.75, 3.05) is 13.1 Å². The average Bonchev–Trinajstić information content (AvgIpc) is 1.72. The Labute approximate surface area is 87.7 Å². The van der Waals surface area contributed by atoms with Gasteiger partial charge in [0.25, 0.3) is 0 Å². The fraction of sp³-hybridized carbons (Fsp3) is 1.00. The first kappa shape index (κ1) is 8.60. The van der Waals surface area contributed by atoms with Gasteiger partial charge in [-0.05, 0) is 0 Å². The first-order valence-electron chi connectivity index (χ1n) is 2.63. The van der Waals surface area contributed by atoms with Crippen LogP contribution in [0.2, 0.25) is 0 Å². The van der Waals surface area contributed by atoms with E-state index in [1.807, 2.05) is 0 Å². The first-order valence-corrected chi connectivity index (χ1v) is 2.63. The molecule has 0 radical (unpaired) electrons. The monoisotopic (exact) mass is 123 g/mol. The molecule has 1 aliphatic rings. The molecule has 1 rings (SSSR count). The van der Waals surface area contributed by atoms with Crippen molar-refractivity contribution in [2.45, 2.75) is 19.3 Å². The molecule has 0 aromatic heterocycles. The van der Waals surface area contributed by atoms with Crippen LogP contribution in [0.5, 0.6) is 0 Å². The van der Waals surface area contributed by atoms with Crippen LogP contribution in [-0.4, -0.2) is 13.1 Å². The van der Waals surface area contributed by atoms with E-state index in [0.29, 0.717) is 0 Å². The Balaban J connectivity index is 0.000000360. The summed E-state index contributed by atoms with van der Waals surface area (Å²) in [5.41, 5.74) is 0. The van der Waals surface area contributed by atoms with E-state index >= 15 is 0 Å². The van der Waals surface area contributed by atoms with Crippen LogP contribution >= 0.6 is 0 Å². The Bertz CT molecular complexity index is 23.6. The van der Waals surface area contributed by atoms with E-state index in [2.05, 4.69) is 5.32 Å². The van der Waals surface area contributed by atoms with Crippen molar-refractivity contribution in [1.29, 1.82) is 0 Å². The van der Waals surface area contributed by atoms with E-state index in [4.69, 9.17) is 0 Å². The number of hydrogen-bond acceptors (Lipinski definition) is 0. The normalized spacial score (nSPS) is 20.6. The van der Waals surface area contributed by atoms with Crippen LogP contribution in [0, 0.1) is 0 Å². The molecule has 1 fully saturated rings. The zero-order valence-electron chi connectivity index (χ0n) is 4.98. The number of hydrogen-bond donors (Lipinski definition) is 0. The van der Waals surface area contributed by atoms with Crippen molar-refractivity contribution in [1.82, 2.24) is 0 Å². The molecule has 0 amide bonds. The molecule has 0 atom stereocenters. The Morgan fingerprint density at radius 3 is 1.57 bits per heavy atom. The summed E-state index contributed by atoms with van der Waals surface area (Å²) in [7, 11) is 0. The van der Waals surface area contributed by atoms with Gasteiger partial charge in [-0.2, -0.15) is 0 Å². The summed E-state index contributed by atoms with van der Waals surface area (Å²) in [6.07, 6.45) is 4.07. The van der Waals surface area contributed by atoms with Crippen molar-refractivity contribution in [2.24, 2.45) is 0 Å². The van der Waals surface area contributed by atoms with Gasteiger partial charge in [0.15, 0.2) is 0 Å². The van der Waals surface area contributed by atoms with E-state index in [1.165, 1.54) is 19.3 Å². The summed E-state index contributed by atoms with van der Waals surface area (Å²) in [5.74, 6) is 0. The minimum atomic E-state index is 0. The SMILES string of the molecule is C1CC[N-]CC1.[K+]. The minimum Gasteiger partial charge on any atom is -0.662 e. The summed E-state index contributed by atoms with van der Waals surface area (Å²) in [4.78, 5) is 0. The molecule has 0 saturated carbocycles. The number of piperidine rings is 1. The second-order valence-electron chi connectivity index (χ2n) is 1.73. The second kappa shape index (κ2) is 5.73. The van der Waals surface area contributed by atoms with Gasteiger partial charge in [-0.15, -0.1) is 13.1 Å². The molecular formula is C5H10KN. The predicted molar refractivity (Wildman–Crippen MR) is 26.9 cm³/mol. The van der Waals surface area contributed by atoms with Gasteiger partial charge in [0.2, 0.25) is 0 Å². The topological polar surface area (TPSA) is 14.1 Å². The Morgan fingerprint density at radius 1 is 0.857 bits per heavy atom. The maximum Gasteiger partial charge on any atom is 1.00 e. The van der Waals surface area contributed by atoms with E-state index in [9.17, 15) is 0 Å². The first-order chi connectivity index (χ1) is 3.00. The van der Waals surface area contributed by atoms with E-state index in [1.54, 1.807) is 0 Å². The van der Waals surface area contributed by atoms with Crippen LogP contribution < -0.4 is 51.4 Å². The molecule has 0 spiro atoms. The van der Waals surface area contributed by atoms with Crippen LogP contribution in [0.4, 0.5) is 0 Å². The summed E-state index contributed by atoms with van der Waals surface area (Å²) >= 11 is 0. The third-order valence-electron chi connectivity index (χ3n) is 1.13.